The molecule has 1 rings (SSSR count). The molecule has 1 aromatic heterocycles. The minimum atomic E-state index is -0.584. The number of carbonyl (C=O) groups is 2. The molecule has 1 unspecified atom stereocenters. The van der Waals surface area contributed by atoms with Crippen molar-refractivity contribution < 1.29 is 9.59 Å². The summed E-state index contributed by atoms with van der Waals surface area (Å²) in [6.07, 6.45) is 1.68. The molecule has 6 heteroatoms. The van der Waals surface area contributed by atoms with Gasteiger partial charge in [-0.2, -0.15) is 0 Å². The van der Waals surface area contributed by atoms with Crippen LogP contribution in [0.4, 0.5) is 0 Å². The Morgan fingerprint density at radius 3 is 2.60 bits per heavy atom. The lowest BCUT2D eigenvalue weighted by molar-refractivity contribution is -0.130. The van der Waals surface area contributed by atoms with Gasteiger partial charge in [0.2, 0.25) is 5.91 Å². The fraction of sp³-hybridized carbons (Fsp3) is 0.500. The Balaban J connectivity index is 2.84. The number of carbonyl (C=O) groups excluding carboxylic acids is 2. The molecule has 0 saturated heterocycles. The maximum atomic E-state index is 12.1. The van der Waals surface area contributed by atoms with Crippen LogP contribution in [0, 0.1) is 0 Å². The first-order valence-electron chi connectivity index (χ1n) is 6.53. The van der Waals surface area contributed by atoms with Gasteiger partial charge in [-0.1, -0.05) is 24.9 Å². The molecule has 1 heterocycles. The predicted molar refractivity (Wildman–Crippen MR) is 78.9 cm³/mol. The fourth-order valence-electron chi connectivity index (χ4n) is 1.80. The summed E-state index contributed by atoms with van der Waals surface area (Å²) in [5.74, 6) is -0.485. The second kappa shape index (κ2) is 7.24. The lowest BCUT2D eigenvalue weighted by Gasteiger charge is -2.18. The number of hydrogen-bond acceptors (Lipinski definition) is 3. The minimum Gasteiger partial charge on any atom is -0.347 e. The molecule has 1 atom stereocenters. The number of pyridine rings is 1. The highest BCUT2D eigenvalue weighted by Gasteiger charge is 2.18. The Bertz CT molecular complexity index is 503. The van der Waals surface area contributed by atoms with Gasteiger partial charge < -0.3 is 10.2 Å². The summed E-state index contributed by atoms with van der Waals surface area (Å²) in [6, 6.07) is 2.62. The molecule has 2 amide bonds. The fourth-order valence-corrected chi connectivity index (χ4v) is 2.02. The van der Waals surface area contributed by atoms with Gasteiger partial charge in [0.15, 0.2) is 0 Å². The third-order valence-electron chi connectivity index (χ3n) is 2.77. The molecule has 0 aliphatic heterocycles. The minimum absolute atomic E-state index is 0.160. The van der Waals surface area contributed by atoms with Crippen LogP contribution in [0.2, 0.25) is 5.15 Å². The first-order chi connectivity index (χ1) is 9.35. The lowest BCUT2D eigenvalue weighted by atomic mass is 10.1. The van der Waals surface area contributed by atoms with Crippen molar-refractivity contribution in [2.75, 3.05) is 14.1 Å². The van der Waals surface area contributed by atoms with Crippen molar-refractivity contribution >= 4 is 23.4 Å². The second-order valence-corrected chi connectivity index (χ2v) is 5.23. The standard InChI is InChI=1S/C14H20ClN3O2/c1-5-6-11-7-10(8-12(15)17-11)13(19)16-9(2)14(20)18(3)4/h7-9H,5-6H2,1-4H3,(H,16,19). The van der Waals surface area contributed by atoms with E-state index in [4.69, 9.17) is 11.6 Å². The zero-order valence-electron chi connectivity index (χ0n) is 12.2. The average molecular weight is 298 g/mol. The van der Waals surface area contributed by atoms with E-state index < -0.39 is 6.04 Å². The van der Waals surface area contributed by atoms with Gasteiger partial charge in [-0.15, -0.1) is 0 Å². The molecule has 0 fully saturated rings. The van der Waals surface area contributed by atoms with Crippen molar-refractivity contribution in [3.05, 3.63) is 28.5 Å². The van der Waals surface area contributed by atoms with Gasteiger partial charge in [0.1, 0.15) is 11.2 Å². The maximum Gasteiger partial charge on any atom is 0.252 e. The number of nitrogens with zero attached hydrogens (tertiary/aromatic N) is 2. The van der Waals surface area contributed by atoms with Gasteiger partial charge in [0.05, 0.1) is 0 Å². The quantitative estimate of drug-likeness (QED) is 0.844. The van der Waals surface area contributed by atoms with Crippen molar-refractivity contribution in [3.8, 4) is 0 Å². The van der Waals surface area contributed by atoms with Crippen LogP contribution in [-0.4, -0.2) is 41.8 Å². The van der Waals surface area contributed by atoms with Crippen LogP contribution in [0.1, 0.15) is 36.3 Å². The summed E-state index contributed by atoms with van der Waals surface area (Å²) in [7, 11) is 3.29. The third-order valence-corrected chi connectivity index (χ3v) is 2.97. The number of nitrogens with one attached hydrogen (secondary N) is 1. The topological polar surface area (TPSA) is 62.3 Å². The Morgan fingerprint density at radius 1 is 1.40 bits per heavy atom. The molecule has 110 valence electrons. The first-order valence-corrected chi connectivity index (χ1v) is 6.91. The Labute approximate surface area is 124 Å². The second-order valence-electron chi connectivity index (χ2n) is 4.85. The molecule has 1 aromatic rings. The molecule has 0 saturated carbocycles. The number of halogens is 1. The highest BCUT2D eigenvalue weighted by molar-refractivity contribution is 6.29. The van der Waals surface area contributed by atoms with Gasteiger partial charge in [-0.05, 0) is 25.5 Å². The molecular formula is C14H20ClN3O2. The molecular weight excluding hydrogens is 278 g/mol. The summed E-state index contributed by atoms with van der Waals surface area (Å²) in [5, 5.41) is 2.94. The van der Waals surface area contributed by atoms with E-state index in [0.717, 1.165) is 18.5 Å². The molecule has 20 heavy (non-hydrogen) atoms. The third kappa shape index (κ3) is 4.49. The smallest absolute Gasteiger partial charge is 0.252 e. The highest BCUT2D eigenvalue weighted by Crippen LogP contribution is 2.12. The van der Waals surface area contributed by atoms with Crippen molar-refractivity contribution in [1.29, 1.82) is 0 Å². The average Bonchev–Trinajstić information content (AvgIpc) is 2.37. The van der Waals surface area contributed by atoms with E-state index in [1.54, 1.807) is 27.1 Å². The molecule has 0 bridgehead atoms. The molecule has 0 aliphatic carbocycles. The van der Waals surface area contributed by atoms with Gasteiger partial charge in [0.25, 0.3) is 5.91 Å². The Kier molecular flexibility index (Phi) is 5.95. The molecule has 5 nitrogen and oxygen atoms in total. The van der Waals surface area contributed by atoms with E-state index in [0.29, 0.717) is 5.56 Å². The molecule has 0 spiro atoms. The van der Waals surface area contributed by atoms with E-state index in [2.05, 4.69) is 10.3 Å². The zero-order valence-corrected chi connectivity index (χ0v) is 13.0. The van der Waals surface area contributed by atoms with Crippen LogP contribution in [0.5, 0.6) is 0 Å². The lowest BCUT2D eigenvalue weighted by Crippen LogP contribution is -2.44. The van der Waals surface area contributed by atoms with Gasteiger partial charge in [-0.25, -0.2) is 4.98 Å². The molecule has 0 aromatic carbocycles. The van der Waals surface area contributed by atoms with Crippen molar-refractivity contribution in [2.24, 2.45) is 0 Å². The largest absolute Gasteiger partial charge is 0.347 e. The number of hydrogen-bond donors (Lipinski definition) is 1. The highest BCUT2D eigenvalue weighted by atomic mass is 35.5. The van der Waals surface area contributed by atoms with Crippen molar-refractivity contribution in [3.63, 3.8) is 0 Å². The van der Waals surface area contributed by atoms with Crippen LogP contribution in [0.25, 0.3) is 0 Å². The molecule has 1 N–H and O–H groups in total. The number of rotatable bonds is 5. The van der Waals surface area contributed by atoms with Crippen LogP contribution in [0.15, 0.2) is 12.1 Å². The van der Waals surface area contributed by atoms with E-state index in [1.807, 2.05) is 6.92 Å². The summed E-state index contributed by atoms with van der Waals surface area (Å²) in [6.45, 7) is 3.68. The van der Waals surface area contributed by atoms with Crippen molar-refractivity contribution in [1.82, 2.24) is 15.2 Å². The maximum absolute atomic E-state index is 12.1. The zero-order chi connectivity index (χ0) is 15.3. The van der Waals surface area contributed by atoms with E-state index in [-0.39, 0.29) is 17.0 Å². The summed E-state index contributed by atoms with van der Waals surface area (Å²) in [5.41, 5.74) is 1.20. The summed E-state index contributed by atoms with van der Waals surface area (Å²) < 4.78 is 0. The molecule has 0 radical (unpaired) electrons. The van der Waals surface area contributed by atoms with Gasteiger partial charge in [-0.3, -0.25) is 9.59 Å². The Hall–Kier alpha value is -1.62. The van der Waals surface area contributed by atoms with E-state index in [1.165, 1.54) is 11.0 Å². The van der Waals surface area contributed by atoms with Gasteiger partial charge in [0, 0.05) is 25.4 Å². The first kappa shape index (κ1) is 16.4. The predicted octanol–water partition coefficient (Wildman–Crippen LogP) is 1.89. The summed E-state index contributed by atoms with van der Waals surface area (Å²) in [4.78, 5) is 29.4. The van der Waals surface area contributed by atoms with Crippen LogP contribution < -0.4 is 5.32 Å². The van der Waals surface area contributed by atoms with E-state index >= 15 is 0 Å². The van der Waals surface area contributed by atoms with Gasteiger partial charge >= 0.3 is 0 Å². The normalized spacial score (nSPS) is 11.8. The number of aryl methyl sites for hydroxylation is 1. The van der Waals surface area contributed by atoms with E-state index in [9.17, 15) is 9.59 Å². The van der Waals surface area contributed by atoms with Crippen molar-refractivity contribution in [2.45, 2.75) is 32.7 Å². The number of aromatic nitrogens is 1. The molecule has 0 aliphatic rings. The van der Waals surface area contributed by atoms with Crippen LogP contribution in [-0.2, 0) is 11.2 Å². The number of likely N-dealkylation sites (N-methyl/N-ethyl adjacent to an activating group) is 1. The summed E-state index contributed by atoms with van der Waals surface area (Å²) >= 11 is 5.91. The SMILES string of the molecule is CCCc1cc(C(=O)NC(C)C(=O)N(C)C)cc(Cl)n1. The van der Waals surface area contributed by atoms with Crippen LogP contribution in [0.3, 0.4) is 0 Å². The number of amides is 2. The van der Waals surface area contributed by atoms with Crippen LogP contribution >= 0.6 is 11.6 Å². The monoisotopic (exact) mass is 297 g/mol. The Morgan fingerprint density at radius 2 is 2.05 bits per heavy atom.